The SMILES string of the molecule is [AlH3].[Cr].[Ti].[Y]. The maximum atomic E-state index is 0. The Morgan fingerprint density at radius 3 is 1.00 bits per heavy atom. The van der Waals surface area contributed by atoms with Crippen LogP contribution in [0.2, 0.25) is 0 Å². The van der Waals surface area contributed by atoms with Gasteiger partial charge in [-0.3, -0.25) is 0 Å². The third kappa shape index (κ3) is 8.86. The topological polar surface area (TPSA) is 0 Å². The second kappa shape index (κ2) is 16.9. The van der Waals surface area contributed by atoms with Gasteiger partial charge in [0.05, 0.1) is 0 Å². The molecule has 0 aromatic rings. The van der Waals surface area contributed by atoms with Crippen LogP contribution in [0.25, 0.3) is 0 Å². The van der Waals surface area contributed by atoms with E-state index in [-0.39, 0.29) is 89.1 Å². The molecule has 0 aliphatic rings. The first-order valence-electron chi connectivity index (χ1n) is 0. The van der Waals surface area contributed by atoms with Crippen LogP contribution in [-0.4, -0.2) is 17.4 Å². The molecule has 19 valence electrons. The van der Waals surface area contributed by atoms with E-state index in [0.29, 0.717) is 0 Å². The largest absolute Gasteiger partial charge is 0.187 e. The molecule has 0 aromatic heterocycles. The molecule has 0 amide bonds. The molecule has 1 radical (unpaired) electrons. The molecule has 0 saturated heterocycles. The summed E-state index contributed by atoms with van der Waals surface area (Å²) < 4.78 is 0. The Bertz CT molecular complexity index is 8.00. The van der Waals surface area contributed by atoms with Gasteiger partial charge in [0.25, 0.3) is 0 Å². The van der Waals surface area contributed by atoms with Crippen molar-refractivity contribution in [2.75, 3.05) is 0 Å². The zero-order valence-corrected chi connectivity index (χ0v) is 7.16. The average Bonchev–Trinajstić information content (AvgIpc) is 0. The molecule has 0 N–H and O–H groups in total. The monoisotopic (exact) mass is 219 g/mol. The predicted octanol–water partition coefficient (Wildman–Crippen LogP) is -1.19. The van der Waals surface area contributed by atoms with Crippen molar-refractivity contribution in [2.24, 2.45) is 0 Å². The normalized spacial score (nSPS) is 0. The molecule has 0 aromatic carbocycles. The molecule has 0 unspecified atom stereocenters. The van der Waals surface area contributed by atoms with Crippen molar-refractivity contribution in [2.45, 2.75) is 0 Å². The van der Waals surface area contributed by atoms with E-state index in [1.807, 2.05) is 0 Å². The number of hydrogen-bond donors (Lipinski definition) is 0. The summed E-state index contributed by atoms with van der Waals surface area (Å²) in [5.74, 6) is 0. The summed E-state index contributed by atoms with van der Waals surface area (Å²) in [6.45, 7) is 0. The van der Waals surface area contributed by atoms with Gasteiger partial charge in [0, 0.05) is 71.8 Å². The Morgan fingerprint density at radius 2 is 1.00 bits per heavy atom. The summed E-state index contributed by atoms with van der Waals surface area (Å²) in [4.78, 5) is 0. The predicted molar refractivity (Wildman–Crippen MR) is 9.94 cm³/mol. The van der Waals surface area contributed by atoms with Gasteiger partial charge in [-0.15, -0.1) is 0 Å². The quantitative estimate of drug-likeness (QED) is 0.449. The van der Waals surface area contributed by atoms with Gasteiger partial charge in [-0.25, -0.2) is 0 Å². The number of hydrogen-bond acceptors (Lipinski definition) is 0. The van der Waals surface area contributed by atoms with Crippen LogP contribution in [0.5, 0.6) is 0 Å². The first-order chi connectivity index (χ1) is 0. The Balaban J connectivity index is 0. The first kappa shape index (κ1) is 28.7. The smallest absolute Gasteiger partial charge is 0 e. The zero-order chi connectivity index (χ0) is 0. The van der Waals surface area contributed by atoms with Crippen LogP contribution in [0.4, 0.5) is 0 Å². The third-order valence-electron chi connectivity index (χ3n) is 0. The Labute approximate surface area is 87.5 Å². The van der Waals surface area contributed by atoms with Crippen molar-refractivity contribution in [1.82, 2.24) is 0 Å². The summed E-state index contributed by atoms with van der Waals surface area (Å²) in [7, 11) is 0. The van der Waals surface area contributed by atoms with E-state index in [4.69, 9.17) is 0 Å². The van der Waals surface area contributed by atoms with Crippen molar-refractivity contribution in [1.29, 1.82) is 0 Å². The summed E-state index contributed by atoms with van der Waals surface area (Å²) in [6.07, 6.45) is 0. The van der Waals surface area contributed by atoms with Gasteiger partial charge in [-0.1, -0.05) is 0 Å². The van der Waals surface area contributed by atoms with Crippen molar-refractivity contribution < 1.29 is 71.8 Å². The molecule has 0 spiro atoms. The molecule has 0 aliphatic heterocycles. The third-order valence-corrected chi connectivity index (χ3v) is 0. The minimum atomic E-state index is 0. The summed E-state index contributed by atoms with van der Waals surface area (Å²) in [6, 6.07) is 0. The average molecular weight is 219 g/mol. The number of rotatable bonds is 0. The molecule has 0 heterocycles. The van der Waals surface area contributed by atoms with E-state index < -0.39 is 0 Å². The van der Waals surface area contributed by atoms with Gasteiger partial charge < -0.3 is 0 Å². The fourth-order valence-corrected chi connectivity index (χ4v) is 0. The van der Waals surface area contributed by atoms with Crippen LogP contribution in [0.15, 0.2) is 0 Å². The first-order valence-corrected chi connectivity index (χ1v) is 0. The molecule has 0 bridgehead atoms. The van der Waals surface area contributed by atoms with Crippen LogP contribution in [0, 0.1) is 0 Å². The fourth-order valence-electron chi connectivity index (χ4n) is 0. The second-order valence-corrected chi connectivity index (χ2v) is 0. The molecule has 4 heavy (non-hydrogen) atoms. The summed E-state index contributed by atoms with van der Waals surface area (Å²) in [5.41, 5.74) is 0. The summed E-state index contributed by atoms with van der Waals surface area (Å²) in [5, 5.41) is 0. The molecule has 0 fully saturated rings. The van der Waals surface area contributed by atoms with Crippen molar-refractivity contribution >= 4 is 17.4 Å². The Kier molecular flexibility index (Phi) is 121. The molecule has 0 saturated carbocycles. The second-order valence-electron chi connectivity index (χ2n) is 0. The minimum Gasteiger partial charge on any atom is 0 e. The van der Waals surface area contributed by atoms with Crippen molar-refractivity contribution in [3.8, 4) is 0 Å². The zero-order valence-electron chi connectivity index (χ0n) is 1.49. The standard InChI is InChI=1S/Al.Cr.Ti.Y.3H. The molecular formula is H3AlCrTiY. The van der Waals surface area contributed by atoms with Crippen LogP contribution in [-0.2, 0) is 71.8 Å². The Hall–Kier alpha value is 2.88. The molecule has 0 atom stereocenters. The van der Waals surface area contributed by atoms with E-state index in [1.165, 1.54) is 0 Å². The van der Waals surface area contributed by atoms with Gasteiger partial charge in [-0.05, 0) is 0 Å². The van der Waals surface area contributed by atoms with E-state index in [9.17, 15) is 0 Å². The van der Waals surface area contributed by atoms with Crippen LogP contribution in [0.3, 0.4) is 0 Å². The van der Waals surface area contributed by atoms with Gasteiger partial charge in [0.2, 0.25) is 0 Å². The maximum Gasteiger partial charge on any atom is 0.187 e. The van der Waals surface area contributed by atoms with Crippen LogP contribution < -0.4 is 0 Å². The molecule has 0 rings (SSSR count). The molecule has 0 nitrogen and oxygen atoms in total. The van der Waals surface area contributed by atoms with E-state index in [1.54, 1.807) is 0 Å². The van der Waals surface area contributed by atoms with Gasteiger partial charge in [0.15, 0.2) is 17.4 Å². The van der Waals surface area contributed by atoms with E-state index in [0.717, 1.165) is 0 Å². The van der Waals surface area contributed by atoms with E-state index >= 15 is 0 Å². The molecular weight excluding hydrogens is 216 g/mol. The van der Waals surface area contributed by atoms with Crippen LogP contribution in [0.1, 0.15) is 0 Å². The van der Waals surface area contributed by atoms with Gasteiger partial charge in [-0.2, -0.15) is 0 Å². The van der Waals surface area contributed by atoms with Gasteiger partial charge in [0.1, 0.15) is 0 Å². The summed E-state index contributed by atoms with van der Waals surface area (Å²) >= 11 is 0. The minimum absolute atomic E-state index is 0. The van der Waals surface area contributed by atoms with Gasteiger partial charge >= 0.3 is 0 Å². The van der Waals surface area contributed by atoms with Crippen molar-refractivity contribution in [3.63, 3.8) is 0 Å². The Morgan fingerprint density at radius 1 is 1.00 bits per heavy atom. The molecule has 4 heteroatoms. The van der Waals surface area contributed by atoms with Crippen molar-refractivity contribution in [3.05, 3.63) is 0 Å². The fraction of sp³-hybridized carbons (Fsp3) is 0. The van der Waals surface area contributed by atoms with E-state index in [2.05, 4.69) is 0 Å². The maximum absolute atomic E-state index is 0. The molecule has 0 aliphatic carbocycles. The van der Waals surface area contributed by atoms with Crippen LogP contribution >= 0.6 is 0 Å².